The minimum absolute atomic E-state index is 0.325. The Kier molecular flexibility index (Phi) is 5.98. The molecule has 116 valence electrons. The van der Waals surface area contributed by atoms with Gasteiger partial charge >= 0.3 is 5.97 Å². The largest absolute Gasteiger partial charge is 0.492 e. The molecule has 0 spiro atoms. The molecular weight excluding hydrogens is 272 g/mol. The molecule has 1 fully saturated rings. The zero-order chi connectivity index (χ0) is 15.1. The fraction of sp³-hybridized carbons (Fsp3) is 0.533. The number of para-hydroxylation sites is 1. The van der Waals surface area contributed by atoms with Gasteiger partial charge in [0, 0.05) is 31.7 Å². The van der Waals surface area contributed by atoms with E-state index in [0.717, 1.165) is 24.4 Å². The zero-order valence-electron chi connectivity index (χ0n) is 12.3. The van der Waals surface area contributed by atoms with E-state index in [-0.39, 0.29) is 5.97 Å². The van der Waals surface area contributed by atoms with Crippen LogP contribution in [0.3, 0.4) is 0 Å². The monoisotopic (exact) mass is 294 g/mol. The third-order valence-corrected chi connectivity index (χ3v) is 3.47. The molecule has 1 aliphatic rings. The summed E-state index contributed by atoms with van der Waals surface area (Å²) in [7, 11) is 1.37. The lowest BCUT2D eigenvalue weighted by Crippen LogP contribution is -2.47. The number of benzene rings is 1. The van der Waals surface area contributed by atoms with Crippen LogP contribution < -0.4 is 10.5 Å². The van der Waals surface area contributed by atoms with Gasteiger partial charge in [0.15, 0.2) is 6.10 Å². The number of nitrogens with two attached hydrogens (primary N) is 1. The fourth-order valence-electron chi connectivity index (χ4n) is 2.28. The second-order valence-corrected chi connectivity index (χ2v) is 4.84. The summed E-state index contributed by atoms with van der Waals surface area (Å²) in [6.45, 7) is 3.59. The predicted molar refractivity (Wildman–Crippen MR) is 78.0 cm³/mol. The number of esters is 1. The van der Waals surface area contributed by atoms with Gasteiger partial charge in [0.25, 0.3) is 0 Å². The van der Waals surface area contributed by atoms with E-state index < -0.39 is 6.10 Å². The smallest absolute Gasteiger partial charge is 0.336 e. The topological polar surface area (TPSA) is 74.0 Å². The first-order valence-corrected chi connectivity index (χ1v) is 7.07. The summed E-state index contributed by atoms with van der Waals surface area (Å²) >= 11 is 0. The summed E-state index contributed by atoms with van der Waals surface area (Å²) < 4.78 is 15.9. The van der Waals surface area contributed by atoms with Gasteiger partial charge in [-0.1, -0.05) is 18.2 Å². The number of carbonyl (C=O) groups is 1. The van der Waals surface area contributed by atoms with Crippen molar-refractivity contribution in [2.24, 2.45) is 5.73 Å². The van der Waals surface area contributed by atoms with Gasteiger partial charge in [0.05, 0.1) is 13.7 Å². The van der Waals surface area contributed by atoms with Crippen LogP contribution in [0.1, 0.15) is 5.56 Å². The van der Waals surface area contributed by atoms with Crippen LogP contribution in [0.15, 0.2) is 24.3 Å². The molecule has 0 saturated carbocycles. The summed E-state index contributed by atoms with van der Waals surface area (Å²) in [5.41, 5.74) is 6.67. The number of hydrogen-bond acceptors (Lipinski definition) is 6. The molecule has 21 heavy (non-hydrogen) atoms. The van der Waals surface area contributed by atoms with Crippen LogP contribution in [0.25, 0.3) is 0 Å². The molecule has 2 rings (SSSR count). The maximum absolute atomic E-state index is 11.5. The van der Waals surface area contributed by atoms with Crippen molar-refractivity contribution >= 4 is 5.97 Å². The molecule has 1 aromatic carbocycles. The van der Waals surface area contributed by atoms with E-state index >= 15 is 0 Å². The molecule has 1 aromatic rings. The number of hydrogen-bond donors (Lipinski definition) is 1. The number of methoxy groups -OCH3 is 1. The van der Waals surface area contributed by atoms with Crippen molar-refractivity contribution in [1.82, 2.24) is 4.90 Å². The Morgan fingerprint density at radius 2 is 2.29 bits per heavy atom. The molecular formula is C15H22N2O4. The van der Waals surface area contributed by atoms with Gasteiger partial charge in [0.1, 0.15) is 12.4 Å². The highest BCUT2D eigenvalue weighted by atomic mass is 16.6. The van der Waals surface area contributed by atoms with E-state index in [1.807, 2.05) is 24.3 Å². The number of ether oxygens (including phenoxy) is 3. The molecule has 1 heterocycles. The second kappa shape index (κ2) is 7.97. The van der Waals surface area contributed by atoms with Crippen LogP contribution >= 0.6 is 0 Å². The first-order chi connectivity index (χ1) is 10.2. The van der Waals surface area contributed by atoms with Crippen LogP contribution in [0.5, 0.6) is 5.75 Å². The highest BCUT2D eigenvalue weighted by molar-refractivity contribution is 5.74. The van der Waals surface area contributed by atoms with Crippen molar-refractivity contribution in [1.29, 1.82) is 0 Å². The maximum atomic E-state index is 11.5. The number of morpholine rings is 1. The van der Waals surface area contributed by atoms with Crippen LogP contribution in [0, 0.1) is 0 Å². The van der Waals surface area contributed by atoms with Crippen LogP contribution in [-0.4, -0.2) is 56.9 Å². The fourth-order valence-corrected chi connectivity index (χ4v) is 2.28. The first kappa shape index (κ1) is 15.8. The van der Waals surface area contributed by atoms with E-state index in [4.69, 9.17) is 19.9 Å². The van der Waals surface area contributed by atoms with Crippen LogP contribution in [0.4, 0.5) is 0 Å². The van der Waals surface area contributed by atoms with E-state index in [2.05, 4.69) is 4.90 Å². The molecule has 2 N–H and O–H groups in total. The van der Waals surface area contributed by atoms with Gasteiger partial charge < -0.3 is 19.9 Å². The van der Waals surface area contributed by atoms with Crippen molar-refractivity contribution in [2.45, 2.75) is 12.6 Å². The molecule has 0 radical (unpaired) electrons. The van der Waals surface area contributed by atoms with E-state index in [9.17, 15) is 4.79 Å². The molecule has 1 saturated heterocycles. The number of nitrogens with zero attached hydrogens (tertiary/aromatic N) is 1. The van der Waals surface area contributed by atoms with Crippen molar-refractivity contribution in [3.05, 3.63) is 29.8 Å². The zero-order valence-corrected chi connectivity index (χ0v) is 12.3. The lowest BCUT2D eigenvalue weighted by molar-refractivity contribution is -0.159. The minimum Gasteiger partial charge on any atom is -0.492 e. The standard InChI is InChI=1S/C15H22N2O4/c1-19-15(18)14-11-17(7-9-21-14)6-8-20-13-5-3-2-4-12(13)10-16/h2-5,14H,6-11,16H2,1H3. The van der Waals surface area contributed by atoms with Gasteiger partial charge in [-0.2, -0.15) is 0 Å². The van der Waals surface area contributed by atoms with E-state index in [0.29, 0.717) is 26.3 Å². The molecule has 1 aliphatic heterocycles. The molecule has 0 aliphatic carbocycles. The Bertz CT molecular complexity index is 467. The van der Waals surface area contributed by atoms with Crippen molar-refractivity contribution in [3.8, 4) is 5.75 Å². The molecule has 0 amide bonds. The molecule has 0 aromatic heterocycles. The van der Waals surface area contributed by atoms with Gasteiger partial charge in [-0.05, 0) is 6.07 Å². The molecule has 6 heteroatoms. The quantitative estimate of drug-likeness (QED) is 0.766. The summed E-state index contributed by atoms with van der Waals surface area (Å²) in [6.07, 6.45) is -0.500. The Morgan fingerprint density at radius 3 is 3.05 bits per heavy atom. The van der Waals surface area contributed by atoms with Gasteiger partial charge in [-0.15, -0.1) is 0 Å². The Labute approximate surface area is 124 Å². The SMILES string of the molecule is COC(=O)C1CN(CCOc2ccccc2CN)CCO1. The summed E-state index contributed by atoms with van der Waals surface area (Å²) in [6, 6.07) is 7.74. The lowest BCUT2D eigenvalue weighted by Gasteiger charge is -2.31. The Balaban J connectivity index is 1.79. The van der Waals surface area contributed by atoms with Crippen molar-refractivity contribution < 1.29 is 19.0 Å². The second-order valence-electron chi connectivity index (χ2n) is 4.84. The Morgan fingerprint density at radius 1 is 1.48 bits per heavy atom. The summed E-state index contributed by atoms with van der Waals surface area (Å²) in [5.74, 6) is 0.492. The van der Waals surface area contributed by atoms with Gasteiger partial charge in [-0.25, -0.2) is 4.79 Å². The van der Waals surface area contributed by atoms with Crippen molar-refractivity contribution in [2.75, 3.05) is 40.0 Å². The van der Waals surface area contributed by atoms with Gasteiger partial charge in [0.2, 0.25) is 0 Å². The third kappa shape index (κ3) is 4.42. The predicted octanol–water partition coefficient (Wildman–Crippen LogP) is 0.398. The number of rotatable bonds is 6. The average Bonchev–Trinajstić information content (AvgIpc) is 2.55. The highest BCUT2D eigenvalue weighted by Gasteiger charge is 2.27. The molecule has 6 nitrogen and oxygen atoms in total. The molecule has 1 unspecified atom stereocenters. The Hall–Kier alpha value is -1.63. The minimum atomic E-state index is -0.500. The summed E-state index contributed by atoms with van der Waals surface area (Å²) in [4.78, 5) is 13.6. The lowest BCUT2D eigenvalue weighted by atomic mass is 10.2. The molecule has 1 atom stereocenters. The molecule has 0 bridgehead atoms. The highest BCUT2D eigenvalue weighted by Crippen LogP contribution is 2.17. The van der Waals surface area contributed by atoms with E-state index in [1.165, 1.54) is 7.11 Å². The normalized spacial score (nSPS) is 19.2. The van der Waals surface area contributed by atoms with Gasteiger partial charge in [-0.3, -0.25) is 4.90 Å². The van der Waals surface area contributed by atoms with Crippen LogP contribution in [-0.2, 0) is 20.8 Å². The number of carbonyl (C=O) groups excluding carboxylic acids is 1. The van der Waals surface area contributed by atoms with Crippen LogP contribution in [0.2, 0.25) is 0 Å². The maximum Gasteiger partial charge on any atom is 0.336 e. The van der Waals surface area contributed by atoms with Crippen molar-refractivity contribution in [3.63, 3.8) is 0 Å². The summed E-state index contributed by atoms with van der Waals surface area (Å²) in [5, 5.41) is 0. The van der Waals surface area contributed by atoms with E-state index in [1.54, 1.807) is 0 Å². The third-order valence-electron chi connectivity index (χ3n) is 3.47. The average molecular weight is 294 g/mol. The first-order valence-electron chi connectivity index (χ1n) is 7.07.